The number of rotatable bonds is 0. The first-order valence-electron chi connectivity index (χ1n) is 5.49. The molecule has 82 valence electrons. The lowest BCUT2D eigenvalue weighted by atomic mass is 10.3. The fourth-order valence-corrected chi connectivity index (χ4v) is 1.20. The van der Waals surface area contributed by atoms with E-state index in [2.05, 4.69) is 38.1 Å². The summed E-state index contributed by atoms with van der Waals surface area (Å²) in [5.74, 6) is 0. The molecule has 0 heteroatoms. The Kier molecular flexibility index (Phi) is 5.72. The monoisotopic (exact) mass is 210 g/mol. The largest absolute Gasteiger partial charge is 0.0623 e. The number of aryl methyl sites for hydroxylation is 2. The van der Waals surface area contributed by atoms with Crippen LogP contribution in [0.1, 0.15) is 11.1 Å². The average molecular weight is 210 g/mol. The summed E-state index contributed by atoms with van der Waals surface area (Å²) in [6, 6.07) is 24.7. The van der Waals surface area contributed by atoms with Crippen LogP contribution in [-0.2, 0) is 0 Å². The zero-order valence-corrected chi connectivity index (χ0v) is 9.93. The topological polar surface area (TPSA) is 0 Å². The van der Waals surface area contributed by atoms with Gasteiger partial charge in [-0.25, -0.2) is 0 Å². The molecule has 0 fully saturated rings. The van der Waals surface area contributed by atoms with Gasteiger partial charge in [-0.2, -0.15) is 0 Å². The summed E-state index contributed by atoms with van der Waals surface area (Å²) >= 11 is 0. The molecule has 0 amide bonds. The van der Waals surface area contributed by atoms with Gasteiger partial charge in [-0.1, -0.05) is 83.9 Å². The van der Waals surface area contributed by atoms with E-state index in [1.54, 1.807) is 0 Å². The van der Waals surface area contributed by atoms with Crippen LogP contribution in [0.25, 0.3) is 0 Å². The first-order valence-corrected chi connectivity index (χ1v) is 5.49. The predicted molar refractivity (Wildman–Crippen MR) is 71.2 cm³/mol. The molecule has 0 spiro atoms. The molecule has 0 aliphatic heterocycles. The van der Waals surface area contributed by atoms with Crippen molar-refractivity contribution in [2.24, 2.45) is 0 Å². The van der Waals surface area contributed by atoms with Crippen LogP contribution in [0.5, 0.6) is 0 Å². The van der Waals surface area contributed by atoms with Gasteiger partial charge in [0.1, 0.15) is 0 Å². The minimum Gasteiger partial charge on any atom is -0.0623 e. The maximum absolute atomic E-state index is 2.09. The van der Waals surface area contributed by atoms with Crippen molar-refractivity contribution in [1.29, 1.82) is 0 Å². The van der Waals surface area contributed by atoms with Crippen LogP contribution in [0.15, 0.2) is 72.8 Å². The van der Waals surface area contributed by atoms with Gasteiger partial charge in [0.25, 0.3) is 0 Å². The minimum atomic E-state index is 1.24. The molecule has 16 heavy (non-hydrogen) atoms. The van der Waals surface area contributed by atoms with E-state index in [9.17, 15) is 0 Å². The Morgan fingerprint density at radius 3 is 0.938 bits per heavy atom. The molecule has 0 saturated carbocycles. The summed E-state index contributed by atoms with van der Waals surface area (Å²) in [5, 5.41) is 0. The van der Waals surface area contributed by atoms with E-state index in [-0.39, 0.29) is 0 Å². The molecule has 0 heterocycles. The van der Waals surface area contributed by atoms with Crippen LogP contribution in [0.4, 0.5) is 0 Å². The fraction of sp³-hybridized carbons (Fsp3) is 0.125. The molecular formula is C16H18. The summed E-state index contributed by atoms with van der Waals surface area (Å²) in [6.07, 6.45) is 0. The van der Waals surface area contributed by atoms with Gasteiger partial charge in [-0.05, 0) is 13.8 Å². The van der Waals surface area contributed by atoms with Crippen LogP contribution in [0.2, 0.25) is 0 Å². The Morgan fingerprint density at radius 2 is 0.688 bits per heavy atom. The lowest BCUT2D eigenvalue weighted by molar-refractivity contribution is 1.48. The second-order valence-electron chi connectivity index (χ2n) is 3.69. The molecule has 1 rings (SSSR count). The molecule has 0 atom stereocenters. The zero-order chi connectivity index (χ0) is 11.6. The van der Waals surface area contributed by atoms with Crippen LogP contribution >= 0.6 is 0 Å². The fourth-order valence-electron chi connectivity index (χ4n) is 1.20. The molecule has 0 radical (unpaired) electrons. The molecular weight excluding hydrogens is 192 g/mol. The molecule has 0 bridgehead atoms. The van der Waals surface area contributed by atoms with E-state index in [1.807, 2.05) is 48.5 Å². The third kappa shape index (κ3) is 5.82. The van der Waals surface area contributed by atoms with Gasteiger partial charge < -0.3 is 0 Å². The first-order chi connectivity index (χ1) is 7.79. The summed E-state index contributed by atoms with van der Waals surface area (Å²) in [7, 11) is 0. The summed E-state index contributed by atoms with van der Waals surface area (Å²) in [5.41, 5.74) is 2.48. The highest BCUT2D eigenvalue weighted by Gasteiger charge is 1.71. The molecule has 1 aromatic rings. The Hall–Kier alpha value is -1.82. The number of hydrogen-bond donors (Lipinski definition) is 0. The highest BCUT2D eigenvalue weighted by molar-refractivity contribution is 5.11. The highest BCUT2D eigenvalue weighted by Crippen LogP contribution is 1.92. The van der Waals surface area contributed by atoms with Gasteiger partial charge >= 0.3 is 0 Å². The highest BCUT2D eigenvalue weighted by atomic mass is 13.8. The normalized spacial score (nSPS) is 8.62. The molecule has 0 N–H and O–H groups in total. The maximum Gasteiger partial charge on any atom is -0.0398 e. The van der Waals surface area contributed by atoms with E-state index in [0.717, 1.165) is 0 Å². The third-order valence-corrected chi connectivity index (χ3v) is 2.10. The Bertz CT molecular complexity index is 350. The van der Waals surface area contributed by atoms with Crippen molar-refractivity contribution < 1.29 is 0 Å². The van der Waals surface area contributed by atoms with Gasteiger partial charge in [-0.15, -0.1) is 0 Å². The molecule has 0 aromatic heterocycles. The number of hydrogen-bond acceptors (Lipinski definition) is 0. The molecule has 0 unspecified atom stereocenters. The van der Waals surface area contributed by atoms with Crippen molar-refractivity contribution in [2.45, 2.75) is 13.8 Å². The lowest BCUT2D eigenvalue weighted by Gasteiger charge is -1.81. The van der Waals surface area contributed by atoms with E-state index in [0.29, 0.717) is 0 Å². The van der Waals surface area contributed by atoms with Crippen molar-refractivity contribution in [2.75, 3.05) is 0 Å². The van der Waals surface area contributed by atoms with Gasteiger partial charge in [0.15, 0.2) is 0 Å². The van der Waals surface area contributed by atoms with Gasteiger partial charge in [0, 0.05) is 0 Å². The summed E-state index contributed by atoms with van der Waals surface area (Å²) in [4.78, 5) is 0. The Labute approximate surface area is 98.2 Å². The average Bonchev–Trinajstić information content (AvgIpc) is 2.27. The first kappa shape index (κ1) is 12.3. The maximum atomic E-state index is 2.09. The smallest absolute Gasteiger partial charge is 0.0398 e. The molecule has 1 aromatic carbocycles. The van der Waals surface area contributed by atoms with Gasteiger partial charge in [0.05, 0.1) is 0 Å². The van der Waals surface area contributed by atoms with Gasteiger partial charge in [0.2, 0.25) is 0 Å². The lowest BCUT2D eigenvalue weighted by Crippen LogP contribution is -1.61. The van der Waals surface area contributed by atoms with E-state index in [1.165, 1.54) is 11.1 Å². The Balaban J connectivity index is 3.20. The molecule has 0 nitrogen and oxygen atoms in total. The van der Waals surface area contributed by atoms with Crippen LogP contribution in [0.3, 0.4) is 0 Å². The van der Waals surface area contributed by atoms with Crippen molar-refractivity contribution >= 4 is 0 Å². The van der Waals surface area contributed by atoms with E-state index < -0.39 is 0 Å². The van der Waals surface area contributed by atoms with Crippen LogP contribution in [0, 0.1) is 13.8 Å². The second kappa shape index (κ2) is 7.47. The standard InChI is InChI=1S/C16H18/c1-15-11-7-3-5-9-13-16(2)14-10-6-4-8-12-15/h3-14H,1-2H3. The van der Waals surface area contributed by atoms with Crippen molar-refractivity contribution in [3.8, 4) is 0 Å². The third-order valence-electron chi connectivity index (χ3n) is 2.10. The summed E-state index contributed by atoms with van der Waals surface area (Å²) < 4.78 is 0. The quantitative estimate of drug-likeness (QED) is 0.589. The van der Waals surface area contributed by atoms with Crippen LogP contribution in [-0.4, -0.2) is 0 Å². The molecule has 0 saturated heterocycles. The Morgan fingerprint density at radius 1 is 0.438 bits per heavy atom. The van der Waals surface area contributed by atoms with E-state index >= 15 is 0 Å². The predicted octanol–water partition coefficient (Wildman–Crippen LogP) is 4.55. The minimum absolute atomic E-state index is 1.24. The zero-order valence-electron chi connectivity index (χ0n) is 9.93. The van der Waals surface area contributed by atoms with Crippen molar-refractivity contribution in [1.82, 2.24) is 0 Å². The summed E-state index contributed by atoms with van der Waals surface area (Å²) in [6.45, 7) is 4.17. The SMILES string of the molecule is Cc1ccccccc(C)cccccc1. The molecule has 0 aliphatic carbocycles. The second-order valence-corrected chi connectivity index (χ2v) is 3.69. The van der Waals surface area contributed by atoms with E-state index in [4.69, 9.17) is 0 Å². The van der Waals surface area contributed by atoms with Crippen molar-refractivity contribution in [3.05, 3.63) is 83.9 Å². The van der Waals surface area contributed by atoms with Crippen molar-refractivity contribution in [3.63, 3.8) is 0 Å². The van der Waals surface area contributed by atoms with Crippen LogP contribution < -0.4 is 0 Å². The van der Waals surface area contributed by atoms with Gasteiger partial charge in [-0.3, -0.25) is 0 Å². The molecule has 0 aliphatic rings.